The third kappa shape index (κ3) is 4.74. The molecule has 4 aromatic rings. The van der Waals surface area contributed by atoms with Gasteiger partial charge in [-0.2, -0.15) is 0 Å². The molecule has 0 fully saturated rings. The summed E-state index contributed by atoms with van der Waals surface area (Å²) in [4.78, 5) is 23.0. The topological polar surface area (TPSA) is 44.0 Å². The normalized spacial score (nSPS) is 10.0. The summed E-state index contributed by atoms with van der Waals surface area (Å²) in [6.45, 7) is 2.08. The van der Waals surface area contributed by atoms with E-state index in [1.807, 2.05) is 79.0 Å². The maximum absolute atomic E-state index is 11.7. The van der Waals surface area contributed by atoms with Gasteiger partial charge in [-0.25, -0.2) is 0 Å². The van der Waals surface area contributed by atoms with Crippen LogP contribution in [-0.2, 0) is 6.42 Å². The Balaban J connectivity index is 0.000000162. The maximum Gasteiger partial charge on any atom is 0.255 e. The summed E-state index contributed by atoms with van der Waals surface area (Å²) < 4.78 is 3.29. The number of rotatable bonds is 3. The molecule has 4 heteroatoms. The van der Waals surface area contributed by atoms with Gasteiger partial charge in [-0.3, -0.25) is 18.7 Å². The fourth-order valence-corrected chi connectivity index (χ4v) is 2.76. The van der Waals surface area contributed by atoms with Crippen LogP contribution in [0.25, 0.3) is 11.4 Å². The van der Waals surface area contributed by atoms with Gasteiger partial charge in [0.2, 0.25) is 0 Å². The highest BCUT2D eigenvalue weighted by Crippen LogP contribution is 2.06. The van der Waals surface area contributed by atoms with Crippen LogP contribution < -0.4 is 11.1 Å². The van der Waals surface area contributed by atoms with Crippen LogP contribution in [0.15, 0.2) is 113 Å². The Bertz CT molecular complexity index is 1130. The number of nitrogens with zero attached hydrogens (tertiary/aromatic N) is 2. The van der Waals surface area contributed by atoms with E-state index in [-0.39, 0.29) is 11.1 Å². The third-order valence-corrected chi connectivity index (χ3v) is 4.27. The number of hydrogen-bond donors (Lipinski definition) is 0. The van der Waals surface area contributed by atoms with E-state index in [0.717, 1.165) is 17.8 Å². The first-order valence-electron chi connectivity index (χ1n) is 9.19. The molecule has 140 valence electrons. The Labute approximate surface area is 164 Å². The fourth-order valence-electron chi connectivity index (χ4n) is 2.76. The summed E-state index contributed by atoms with van der Waals surface area (Å²) in [7, 11) is 0. The largest absolute Gasteiger partial charge is 0.284 e. The predicted molar refractivity (Wildman–Crippen MR) is 113 cm³/mol. The van der Waals surface area contributed by atoms with Gasteiger partial charge in [0.1, 0.15) is 0 Å². The van der Waals surface area contributed by atoms with Crippen LogP contribution in [0.5, 0.6) is 0 Å². The van der Waals surface area contributed by atoms with Crippen molar-refractivity contribution in [1.82, 2.24) is 9.13 Å². The molecule has 0 aliphatic heterocycles. The fraction of sp³-hybridized carbons (Fsp3) is 0.0833. The zero-order valence-electron chi connectivity index (χ0n) is 15.7. The molecule has 2 aromatic carbocycles. The van der Waals surface area contributed by atoms with Crippen LogP contribution in [0.3, 0.4) is 0 Å². The molecule has 0 unspecified atom stereocenters. The zero-order chi connectivity index (χ0) is 19.8. The monoisotopic (exact) mass is 370 g/mol. The molecular weight excluding hydrogens is 348 g/mol. The highest BCUT2D eigenvalue weighted by molar-refractivity contribution is 5.33. The Morgan fingerprint density at radius 3 is 1.71 bits per heavy atom. The van der Waals surface area contributed by atoms with Gasteiger partial charge >= 0.3 is 0 Å². The second-order valence-corrected chi connectivity index (χ2v) is 6.18. The average Bonchev–Trinajstić information content (AvgIpc) is 2.76. The third-order valence-electron chi connectivity index (χ3n) is 4.27. The summed E-state index contributed by atoms with van der Waals surface area (Å²) in [5.41, 5.74) is 2.98. The van der Waals surface area contributed by atoms with Gasteiger partial charge in [-0.05, 0) is 42.3 Å². The molecule has 0 saturated heterocycles. The molecule has 28 heavy (non-hydrogen) atoms. The van der Waals surface area contributed by atoms with Crippen molar-refractivity contribution < 1.29 is 0 Å². The molecular formula is C24H22N2O2. The molecule has 0 bridgehead atoms. The van der Waals surface area contributed by atoms with Crippen molar-refractivity contribution in [3.8, 4) is 11.4 Å². The minimum absolute atomic E-state index is 0.00583. The molecule has 2 heterocycles. The zero-order valence-corrected chi connectivity index (χ0v) is 15.7. The number of aryl methyl sites for hydroxylation is 1. The molecule has 0 amide bonds. The van der Waals surface area contributed by atoms with Gasteiger partial charge in [0.25, 0.3) is 11.1 Å². The van der Waals surface area contributed by atoms with Gasteiger partial charge < -0.3 is 0 Å². The second kappa shape index (κ2) is 9.33. The number of hydrogen-bond acceptors (Lipinski definition) is 2. The van der Waals surface area contributed by atoms with Gasteiger partial charge in [0.15, 0.2) is 0 Å². The SMILES string of the molecule is CCc1ccc(=O)n(-c2ccccc2)c1.O=c1ccccn1-c1ccccc1. The minimum Gasteiger partial charge on any atom is -0.284 e. The number of para-hydroxylation sites is 2. The van der Waals surface area contributed by atoms with Crippen molar-refractivity contribution in [2.24, 2.45) is 0 Å². The Morgan fingerprint density at radius 1 is 0.607 bits per heavy atom. The molecule has 4 nitrogen and oxygen atoms in total. The van der Waals surface area contributed by atoms with Gasteiger partial charge in [0, 0.05) is 35.9 Å². The molecule has 0 atom stereocenters. The van der Waals surface area contributed by atoms with Gasteiger partial charge in [0.05, 0.1) is 0 Å². The van der Waals surface area contributed by atoms with E-state index in [1.165, 1.54) is 5.56 Å². The molecule has 0 spiro atoms. The first-order valence-corrected chi connectivity index (χ1v) is 9.19. The lowest BCUT2D eigenvalue weighted by Gasteiger charge is -2.06. The average molecular weight is 370 g/mol. The quantitative estimate of drug-likeness (QED) is 0.541. The van der Waals surface area contributed by atoms with Crippen molar-refractivity contribution in [3.05, 3.63) is 130 Å². The standard InChI is InChI=1S/C13H13NO.C11H9NO/c1-2-11-8-9-13(15)14(10-11)12-6-4-3-5-7-12;13-11-8-4-5-9-12(11)10-6-2-1-3-7-10/h3-10H,2H2,1H3;1-9H. The van der Waals surface area contributed by atoms with Crippen molar-refractivity contribution in [2.45, 2.75) is 13.3 Å². The summed E-state index contributed by atoms with van der Waals surface area (Å²) in [6.07, 6.45) is 4.60. The molecule has 0 saturated carbocycles. The maximum atomic E-state index is 11.7. The lowest BCUT2D eigenvalue weighted by Crippen LogP contribution is -2.16. The van der Waals surface area contributed by atoms with E-state index in [1.54, 1.807) is 33.5 Å². The number of pyridine rings is 2. The summed E-state index contributed by atoms with van der Waals surface area (Å²) in [5.74, 6) is 0. The van der Waals surface area contributed by atoms with Crippen molar-refractivity contribution in [3.63, 3.8) is 0 Å². The summed E-state index contributed by atoms with van der Waals surface area (Å²) >= 11 is 0. The van der Waals surface area contributed by atoms with E-state index >= 15 is 0 Å². The smallest absolute Gasteiger partial charge is 0.255 e. The van der Waals surface area contributed by atoms with E-state index in [2.05, 4.69) is 6.92 Å². The predicted octanol–water partition coefficient (Wildman–Crippen LogP) is 4.24. The van der Waals surface area contributed by atoms with E-state index in [9.17, 15) is 9.59 Å². The van der Waals surface area contributed by atoms with Gasteiger partial charge in [-0.1, -0.05) is 55.5 Å². The van der Waals surface area contributed by atoms with Crippen LogP contribution in [0.2, 0.25) is 0 Å². The summed E-state index contributed by atoms with van der Waals surface area (Å²) in [5, 5.41) is 0. The number of aromatic nitrogens is 2. The molecule has 0 aliphatic carbocycles. The summed E-state index contributed by atoms with van der Waals surface area (Å²) in [6, 6.07) is 27.8. The Kier molecular flexibility index (Phi) is 6.37. The first-order chi connectivity index (χ1) is 13.7. The molecule has 0 radical (unpaired) electrons. The number of benzene rings is 2. The van der Waals surface area contributed by atoms with Crippen LogP contribution in [0.4, 0.5) is 0 Å². The molecule has 0 aliphatic rings. The van der Waals surface area contributed by atoms with E-state index in [4.69, 9.17) is 0 Å². The van der Waals surface area contributed by atoms with Crippen LogP contribution in [-0.4, -0.2) is 9.13 Å². The van der Waals surface area contributed by atoms with Crippen molar-refractivity contribution in [2.75, 3.05) is 0 Å². The van der Waals surface area contributed by atoms with Crippen molar-refractivity contribution >= 4 is 0 Å². The van der Waals surface area contributed by atoms with Crippen LogP contribution >= 0.6 is 0 Å². The molecule has 0 N–H and O–H groups in total. The lowest BCUT2D eigenvalue weighted by molar-refractivity contribution is 0.953. The Morgan fingerprint density at radius 2 is 1.14 bits per heavy atom. The first kappa shape index (κ1) is 19.1. The minimum atomic E-state index is -0.00583. The molecule has 4 rings (SSSR count). The van der Waals surface area contributed by atoms with E-state index in [0.29, 0.717) is 0 Å². The van der Waals surface area contributed by atoms with Gasteiger partial charge in [-0.15, -0.1) is 0 Å². The van der Waals surface area contributed by atoms with Crippen LogP contribution in [0, 0.1) is 0 Å². The highest BCUT2D eigenvalue weighted by Gasteiger charge is 1.99. The lowest BCUT2D eigenvalue weighted by atomic mass is 10.2. The van der Waals surface area contributed by atoms with Crippen LogP contribution in [0.1, 0.15) is 12.5 Å². The Hall–Kier alpha value is -3.66. The second-order valence-electron chi connectivity index (χ2n) is 6.18. The highest BCUT2D eigenvalue weighted by atomic mass is 16.1. The van der Waals surface area contributed by atoms with Crippen molar-refractivity contribution in [1.29, 1.82) is 0 Å². The molecule has 2 aromatic heterocycles. The van der Waals surface area contributed by atoms with E-state index < -0.39 is 0 Å².